The normalized spacial score (nSPS) is 14.8. The highest BCUT2D eigenvalue weighted by Crippen LogP contribution is 2.31. The third-order valence-electron chi connectivity index (χ3n) is 5.71. The Hall–Kier alpha value is -4.13. The predicted molar refractivity (Wildman–Crippen MR) is 125 cm³/mol. The van der Waals surface area contributed by atoms with Crippen molar-refractivity contribution < 1.29 is 14.3 Å². The zero-order valence-electron chi connectivity index (χ0n) is 18.4. The number of benzene rings is 3. The van der Waals surface area contributed by atoms with E-state index in [4.69, 9.17) is 9.47 Å². The van der Waals surface area contributed by atoms with Gasteiger partial charge in [0.05, 0.1) is 23.1 Å². The molecule has 3 aromatic carbocycles. The number of carbonyl (C=O) groups excluding carboxylic acids is 1. The standard InChI is InChI=1S/C26H23N3O4/c1-17-27-22-8-4-3-7-21(22)26(31)29(17)19-13-11-18(12-14-19)25(30)28(2)15-20-16-32-23-9-5-6-10-24(23)33-20/h3-14,20H,15-16H2,1-2H3. The van der Waals surface area contributed by atoms with Crippen LogP contribution >= 0.6 is 0 Å². The lowest BCUT2D eigenvalue weighted by atomic mass is 10.1. The van der Waals surface area contributed by atoms with E-state index in [1.165, 1.54) is 0 Å². The Kier molecular flexibility index (Phi) is 5.30. The molecule has 0 bridgehead atoms. The molecule has 0 spiro atoms. The lowest BCUT2D eigenvalue weighted by Crippen LogP contribution is -2.41. The molecule has 2 heterocycles. The lowest BCUT2D eigenvalue weighted by molar-refractivity contribution is 0.0521. The maximum Gasteiger partial charge on any atom is 0.265 e. The molecule has 0 fully saturated rings. The van der Waals surface area contributed by atoms with Gasteiger partial charge in [0.2, 0.25) is 0 Å². The smallest absolute Gasteiger partial charge is 0.265 e. The number of ether oxygens (including phenoxy) is 2. The summed E-state index contributed by atoms with van der Waals surface area (Å²) < 4.78 is 13.3. The second-order valence-corrected chi connectivity index (χ2v) is 8.05. The van der Waals surface area contributed by atoms with Crippen LogP contribution in [0.4, 0.5) is 0 Å². The van der Waals surface area contributed by atoms with Gasteiger partial charge in [-0.15, -0.1) is 0 Å². The van der Waals surface area contributed by atoms with Gasteiger partial charge in [0.15, 0.2) is 17.6 Å². The molecule has 1 unspecified atom stereocenters. The van der Waals surface area contributed by atoms with Crippen molar-refractivity contribution in [1.29, 1.82) is 0 Å². The van der Waals surface area contributed by atoms with Crippen LogP contribution in [-0.2, 0) is 0 Å². The van der Waals surface area contributed by atoms with Crippen LogP contribution in [0.2, 0.25) is 0 Å². The Labute approximate surface area is 190 Å². The van der Waals surface area contributed by atoms with Gasteiger partial charge >= 0.3 is 0 Å². The molecule has 7 heteroatoms. The molecule has 7 nitrogen and oxygen atoms in total. The third kappa shape index (κ3) is 3.93. The number of hydrogen-bond donors (Lipinski definition) is 0. The number of para-hydroxylation sites is 3. The number of fused-ring (bicyclic) bond motifs is 2. The molecule has 0 aliphatic carbocycles. The number of hydrogen-bond acceptors (Lipinski definition) is 5. The fourth-order valence-electron chi connectivity index (χ4n) is 4.06. The number of carbonyl (C=O) groups is 1. The monoisotopic (exact) mass is 441 g/mol. The first-order valence-corrected chi connectivity index (χ1v) is 10.7. The van der Waals surface area contributed by atoms with Crippen molar-refractivity contribution in [1.82, 2.24) is 14.5 Å². The lowest BCUT2D eigenvalue weighted by Gasteiger charge is -2.29. The van der Waals surface area contributed by atoms with Gasteiger partial charge in [0.25, 0.3) is 11.5 Å². The number of rotatable bonds is 4. The van der Waals surface area contributed by atoms with Crippen molar-refractivity contribution in [2.24, 2.45) is 0 Å². The molecule has 1 aliphatic rings. The molecule has 0 saturated carbocycles. The van der Waals surface area contributed by atoms with Gasteiger partial charge in [-0.05, 0) is 55.5 Å². The summed E-state index contributed by atoms with van der Waals surface area (Å²) in [4.78, 5) is 32.1. The Morgan fingerprint density at radius 2 is 1.73 bits per heavy atom. The molecule has 0 radical (unpaired) electrons. The highest BCUT2D eigenvalue weighted by molar-refractivity contribution is 5.94. The molecule has 1 aromatic heterocycles. The minimum Gasteiger partial charge on any atom is -0.486 e. The van der Waals surface area contributed by atoms with E-state index in [1.807, 2.05) is 42.5 Å². The minimum absolute atomic E-state index is 0.135. The van der Waals surface area contributed by atoms with E-state index < -0.39 is 0 Å². The molecule has 1 amide bonds. The maximum absolute atomic E-state index is 13.0. The molecule has 1 atom stereocenters. The molecule has 4 aromatic rings. The number of aromatic nitrogens is 2. The highest BCUT2D eigenvalue weighted by atomic mass is 16.6. The van der Waals surface area contributed by atoms with Gasteiger partial charge in [-0.25, -0.2) is 4.98 Å². The minimum atomic E-state index is -0.252. The highest BCUT2D eigenvalue weighted by Gasteiger charge is 2.24. The number of nitrogens with zero attached hydrogens (tertiary/aromatic N) is 3. The van der Waals surface area contributed by atoms with Crippen molar-refractivity contribution in [2.75, 3.05) is 20.2 Å². The molecule has 1 aliphatic heterocycles. The van der Waals surface area contributed by atoms with Crippen LogP contribution in [0.1, 0.15) is 16.2 Å². The van der Waals surface area contributed by atoms with Crippen LogP contribution in [0.25, 0.3) is 16.6 Å². The molecule has 0 N–H and O–H groups in total. The fourth-order valence-corrected chi connectivity index (χ4v) is 4.06. The summed E-state index contributed by atoms with van der Waals surface area (Å²) in [5.74, 6) is 1.85. The quantitative estimate of drug-likeness (QED) is 0.484. The van der Waals surface area contributed by atoms with Crippen molar-refractivity contribution in [3.63, 3.8) is 0 Å². The Morgan fingerprint density at radius 3 is 2.52 bits per heavy atom. The zero-order chi connectivity index (χ0) is 22.9. The molecule has 5 rings (SSSR count). The Morgan fingerprint density at radius 1 is 1.03 bits per heavy atom. The number of likely N-dealkylation sites (N-methyl/N-ethyl adjacent to an activating group) is 1. The maximum atomic E-state index is 13.0. The van der Waals surface area contributed by atoms with Crippen molar-refractivity contribution in [3.05, 3.63) is 94.5 Å². The van der Waals surface area contributed by atoms with E-state index in [-0.39, 0.29) is 17.6 Å². The van der Waals surface area contributed by atoms with Crippen LogP contribution in [0, 0.1) is 6.92 Å². The zero-order valence-corrected chi connectivity index (χ0v) is 18.4. The van der Waals surface area contributed by atoms with Gasteiger partial charge < -0.3 is 14.4 Å². The summed E-state index contributed by atoms with van der Waals surface area (Å²) in [6.45, 7) is 2.57. The predicted octanol–water partition coefficient (Wildman–Crippen LogP) is 3.61. The molecule has 33 heavy (non-hydrogen) atoms. The van der Waals surface area contributed by atoms with Crippen LogP contribution in [0.5, 0.6) is 11.5 Å². The van der Waals surface area contributed by atoms with Crippen molar-refractivity contribution in [3.8, 4) is 17.2 Å². The molecule has 166 valence electrons. The summed E-state index contributed by atoms with van der Waals surface area (Å²) in [7, 11) is 1.74. The second-order valence-electron chi connectivity index (χ2n) is 8.05. The van der Waals surface area contributed by atoms with Crippen LogP contribution < -0.4 is 15.0 Å². The van der Waals surface area contributed by atoms with Crippen LogP contribution in [0.3, 0.4) is 0 Å². The van der Waals surface area contributed by atoms with E-state index in [0.29, 0.717) is 52.6 Å². The second kappa shape index (κ2) is 8.43. The largest absolute Gasteiger partial charge is 0.486 e. The van der Waals surface area contributed by atoms with E-state index in [0.717, 1.165) is 0 Å². The van der Waals surface area contributed by atoms with Gasteiger partial charge in [-0.2, -0.15) is 0 Å². The summed E-state index contributed by atoms with van der Waals surface area (Å²) in [5.41, 5.74) is 1.72. The van der Waals surface area contributed by atoms with E-state index in [9.17, 15) is 9.59 Å². The molecular weight excluding hydrogens is 418 g/mol. The van der Waals surface area contributed by atoms with Gasteiger partial charge in [-0.1, -0.05) is 24.3 Å². The third-order valence-corrected chi connectivity index (χ3v) is 5.71. The number of amides is 1. The molecular formula is C26H23N3O4. The fraction of sp³-hybridized carbons (Fsp3) is 0.192. The Bertz CT molecular complexity index is 1400. The first-order valence-electron chi connectivity index (χ1n) is 10.7. The van der Waals surface area contributed by atoms with Crippen LogP contribution in [-0.4, -0.2) is 46.7 Å². The number of aryl methyl sites for hydroxylation is 1. The van der Waals surface area contributed by atoms with Crippen LogP contribution in [0.15, 0.2) is 77.6 Å². The van der Waals surface area contributed by atoms with Crippen molar-refractivity contribution in [2.45, 2.75) is 13.0 Å². The summed E-state index contributed by atoms with van der Waals surface area (Å²) in [5, 5.41) is 0.555. The topological polar surface area (TPSA) is 73.7 Å². The van der Waals surface area contributed by atoms with E-state index >= 15 is 0 Å². The van der Waals surface area contributed by atoms with E-state index in [1.54, 1.807) is 53.8 Å². The van der Waals surface area contributed by atoms with Crippen molar-refractivity contribution >= 4 is 16.8 Å². The summed E-state index contributed by atoms with van der Waals surface area (Å²) in [6, 6.07) is 21.8. The average molecular weight is 441 g/mol. The Balaban J connectivity index is 1.33. The molecule has 0 saturated heterocycles. The summed E-state index contributed by atoms with van der Waals surface area (Å²) in [6.07, 6.45) is -0.252. The van der Waals surface area contributed by atoms with Gasteiger partial charge in [0, 0.05) is 12.6 Å². The SMILES string of the molecule is Cc1nc2ccccc2c(=O)n1-c1ccc(C(=O)N(C)CC2COc3ccccc3O2)cc1. The van der Waals surface area contributed by atoms with Gasteiger partial charge in [-0.3, -0.25) is 14.2 Å². The van der Waals surface area contributed by atoms with Gasteiger partial charge in [0.1, 0.15) is 12.4 Å². The summed E-state index contributed by atoms with van der Waals surface area (Å²) >= 11 is 0. The first-order chi connectivity index (χ1) is 16.0. The average Bonchev–Trinajstić information content (AvgIpc) is 2.84. The first kappa shape index (κ1) is 20.8. The van der Waals surface area contributed by atoms with E-state index in [2.05, 4.69) is 4.98 Å².